The summed E-state index contributed by atoms with van der Waals surface area (Å²) < 4.78 is 4.72. The Morgan fingerprint density at radius 1 is 0.292 bits per heavy atom. The van der Waals surface area contributed by atoms with Crippen LogP contribution in [0.1, 0.15) is 71.4 Å². The van der Waals surface area contributed by atoms with Crippen LogP contribution in [0, 0.1) is 0 Å². The number of ketones is 1. The number of benzene rings is 15. The lowest BCUT2D eigenvalue weighted by atomic mass is 9.82. The van der Waals surface area contributed by atoms with Crippen LogP contribution in [0.2, 0.25) is 0 Å². The zero-order chi connectivity index (χ0) is 71.4. The molecule has 0 radical (unpaired) electrons. The lowest BCUT2D eigenvalue weighted by molar-refractivity contribution is 0.103. The Hall–Kier alpha value is -13.2. The van der Waals surface area contributed by atoms with Crippen LogP contribution in [-0.4, -0.2) is 14.9 Å². The molecular weight excluding hydrogens is 1280 g/mol. The normalized spacial score (nSPS) is 13.7. The van der Waals surface area contributed by atoms with Gasteiger partial charge in [-0.2, -0.15) is 0 Å². The molecule has 19 rings (SSSR count). The molecule has 2 aromatic heterocycles. The van der Waals surface area contributed by atoms with Gasteiger partial charge in [-0.15, -0.1) is 0 Å². The zero-order valence-corrected chi connectivity index (χ0v) is 59.7. The number of fused-ring (bicyclic) bond motifs is 8. The molecule has 0 amide bonds. The second kappa shape index (κ2) is 25.3. The molecule has 3 nitrogen and oxygen atoms in total. The third-order valence-corrected chi connectivity index (χ3v) is 22.7. The van der Waals surface area contributed by atoms with Crippen molar-refractivity contribution in [3.05, 3.63) is 409 Å². The minimum absolute atomic E-state index is 0.0420. The second-order valence-electron chi connectivity index (χ2n) is 29.7. The van der Waals surface area contributed by atoms with Gasteiger partial charge in [-0.05, 0) is 261 Å². The first-order valence-corrected chi connectivity index (χ1v) is 36.7. The van der Waals surface area contributed by atoms with E-state index in [2.05, 4.69) is 389 Å². The van der Waals surface area contributed by atoms with E-state index >= 15 is 4.79 Å². The van der Waals surface area contributed by atoms with Crippen LogP contribution in [0.25, 0.3) is 156 Å². The summed E-state index contributed by atoms with van der Waals surface area (Å²) in [6.07, 6.45) is 4.56. The quantitative estimate of drug-likeness (QED) is 0.106. The molecule has 2 aliphatic carbocycles. The second-order valence-corrected chi connectivity index (χ2v) is 29.7. The molecule has 502 valence electrons. The monoisotopic (exact) mass is 1350 g/mol. The smallest absolute Gasteiger partial charge is 0.193 e. The highest BCUT2D eigenvalue weighted by Gasteiger charge is 2.38. The molecule has 2 heterocycles. The van der Waals surface area contributed by atoms with E-state index in [1.165, 1.54) is 77.9 Å². The van der Waals surface area contributed by atoms with Crippen LogP contribution in [-0.2, 0) is 10.8 Å². The van der Waals surface area contributed by atoms with E-state index in [9.17, 15) is 0 Å². The molecule has 3 heteroatoms. The maximum atomic E-state index is 15.8. The molecule has 17 aromatic rings. The van der Waals surface area contributed by atoms with E-state index in [1.807, 2.05) is 12.1 Å². The number of hydrogen-bond acceptors (Lipinski definition) is 1. The van der Waals surface area contributed by atoms with Crippen molar-refractivity contribution in [2.45, 2.75) is 38.5 Å². The minimum atomic E-state index is -0.266. The zero-order valence-electron chi connectivity index (χ0n) is 59.7. The van der Waals surface area contributed by atoms with Crippen molar-refractivity contribution in [3.63, 3.8) is 0 Å². The number of hydrogen-bond donors (Lipinski definition) is 0. The highest BCUT2D eigenvalue weighted by Crippen LogP contribution is 2.53. The van der Waals surface area contributed by atoms with Gasteiger partial charge < -0.3 is 9.13 Å². The van der Waals surface area contributed by atoms with Gasteiger partial charge in [0.25, 0.3) is 0 Å². The summed E-state index contributed by atoms with van der Waals surface area (Å²) >= 11 is 0. The van der Waals surface area contributed by atoms with E-state index in [-0.39, 0.29) is 16.6 Å². The average molecular weight is 1360 g/mol. The number of rotatable bonds is 13. The highest BCUT2D eigenvalue weighted by molar-refractivity contribution is 6.17. The molecule has 0 atom stereocenters. The Kier molecular flexibility index (Phi) is 15.2. The Morgan fingerprint density at radius 3 is 1.19 bits per heavy atom. The SMILES string of the molecule is C=C1C(=Cc2cn(-c3cccc(-c4cccc(-c5cc(-c6ccccc6)cc(-c6ccccc6)c5)c4)c3)c3ccc(C(=O)c4ccc5c(c4)c4cc6c(cc4n5-c4cccc(-c5cccc(-c7cc(-c8ccccc8)cc(-c8ccccc8)c7)c5)c4)C(C)(C)c4ccccc4-6)cc23)c2ccccc2C1(C)C. The summed E-state index contributed by atoms with van der Waals surface area (Å²) in [6.45, 7) is 14.0. The van der Waals surface area contributed by atoms with Gasteiger partial charge >= 0.3 is 0 Å². The van der Waals surface area contributed by atoms with Crippen molar-refractivity contribution in [2.75, 3.05) is 0 Å². The van der Waals surface area contributed by atoms with Gasteiger partial charge in [0, 0.05) is 61.3 Å². The first-order valence-electron chi connectivity index (χ1n) is 36.7. The molecule has 0 fully saturated rings. The summed E-state index contributed by atoms with van der Waals surface area (Å²) in [5.74, 6) is -0.0420. The van der Waals surface area contributed by atoms with Gasteiger partial charge in [0.1, 0.15) is 0 Å². The van der Waals surface area contributed by atoms with Crippen LogP contribution in [0.4, 0.5) is 0 Å². The summed E-state index contributed by atoms with van der Waals surface area (Å²) in [5.41, 5.74) is 35.1. The Balaban J connectivity index is 0.719. The van der Waals surface area contributed by atoms with Crippen molar-refractivity contribution in [3.8, 4) is 112 Å². The Morgan fingerprint density at radius 2 is 0.670 bits per heavy atom. The number of carbonyl (C=O) groups is 1. The fraction of sp³-hybridized carbons (Fsp3) is 0.0583. The maximum Gasteiger partial charge on any atom is 0.193 e. The highest BCUT2D eigenvalue weighted by atomic mass is 16.1. The van der Waals surface area contributed by atoms with Gasteiger partial charge in [-0.3, -0.25) is 4.79 Å². The molecule has 0 spiro atoms. The molecule has 2 aliphatic rings. The van der Waals surface area contributed by atoms with E-state index in [1.54, 1.807) is 0 Å². The average Bonchev–Trinajstić information content (AvgIpc) is 1.55. The van der Waals surface area contributed by atoms with Crippen LogP contribution < -0.4 is 0 Å². The fourth-order valence-electron chi connectivity index (χ4n) is 17.0. The predicted octanol–water partition coefficient (Wildman–Crippen LogP) is 27.0. The molecule has 0 saturated carbocycles. The number of allylic oxidation sites excluding steroid dienone is 2. The number of aromatic nitrogens is 2. The fourth-order valence-corrected chi connectivity index (χ4v) is 17.0. The van der Waals surface area contributed by atoms with Gasteiger partial charge in [-0.25, -0.2) is 0 Å². The van der Waals surface area contributed by atoms with E-state index in [4.69, 9.17) is 6.58 Å². The molecule has 0 unspecified atom stereocenters. The van der Waals surface area contributed by atoms with E-state index in [0.717, 1.165) is 105 Å². The van der Waals surface area contributed by atoms with Crippen molar-refractivity contribution in [1.29, 1.82) is 0 Å². The lowest BCUT2D eigenvalue weighted by Gasteiger charge is -2.21. The van der Waals surface area contributed by atoms with E-state index in [0.29, 0.717) is 11.1 Å². The first-order chi connectivity index (χ1) is 51.8. The van der Waals surface area contributed by atoms with Crippen LogP contribution >= 0.6 is 0 Å². The lowest BCUT2D eigenvalue weighted by Crippen LogP contribution is -2.14. The van der Waals surface area contributed by atoms with Crippen molar-refractivity contribution in [1.82, 2.24) is 9.13 Å². The summed E-state index contributed by atoms with van der Waals surface area (Å²) in [4.78, 5) is 15.8. The third-order valence-electron chi connectivity index (χ3n) is 22.7. The molecule has 106 heavy (non-hydrogen) atoms. The molecule has 15 aromatic carbocycles. The van der Waals surface area contributed by atoms with Crippen LogP contribution in [0.5, 0.6) is 0 Å². The summed E-state index contributed by atoms with van der Waals surface area (Å²) in [6, 6.07) is 127. The van der Waals surface area contributed by atoms with Gasteiger partial charge in [-0.1, -0.05) is 265 Å². The van der Waals surface area contributed by atoms with Crippen molar-refractivity contribution < 1.29 is 4.79 Å². The topological polar surface area (TPSA) is 26.9 Å². The molecule has 0 aliphatic heterocycles. The number of nitrogens with zero attached hydrogens (tertiary/aromatic N) is 2. The largest absolute Gasteiger partial charge is 0.316 e. The molecule has 0 saturated heterocycles. The van der Waals surface area contributed by atoms with Crippen molar-refractivity contribution >= 4 is 50.1 Å². The number of carbonyl (C=O) groups excluding carboxylic acids is 1. The molecule has 0 N–H and O–H groups in total. The van der Waals surface area contributed by atoms with Crippen molar-refractivity contribution in [2.24, 2.45) is 0 Å². The molecular formula is C103H74N2O. The van der Waals surface area contributed by atoms with Crippen LogP contribution in [0.15, 0.2) is 370 Å². The van der Waals surface area contributed by atoms with Gasteiger partial charge in [0.05, 0.1) is 16.6 Å². The summed E-state index contributed by atoms with van der Waals surface area (Å²) in [5, 5.41) is 3.10. The van der Waals surface area contributed by atoms with Gasteiger partial charge in [0.15, 0.2) is 5.78 Å². The van der Waals surface area contributed by atoms with E-state index < -0.39 is 0 Å². The third kappa shape index (κ3) is 10.9. The Bertz CT molecular complexity index is 6340. The first kappa shape index (κ1) is 63.7. The van der Waals surface area contributed by atoms with Gasteiger partial charge in [0.2, 0.25) is 0 Å². The minimum Gasteiger partial charge on any atom is -0.316 e. The maximum absolute atomic E-state index is 15.8. The summed E-state index contributed by atoms with van der Waals surface area (Å²) in [7, 11) is 0. The van der Waals surface area contributed by atoms with Crippen LogP contribution in [0.3, 0.4) is 0 Å². The molecule has 0 bridgehead atoms. The Labute approximate surface area is 619 Å². The standard InChI is InChI=1S/C103H74N2O/c1-66-90(88-42-18-20-44-95(88)102(66,2)3)62-85-65-104(86-40-24-38-75(58-86)71-34-22-36-73(50-71)83-54-79(67-26-10-6-11-27-67)52-80(55-83)68-28-12-7-13-29-68)98-48-46-77(60-91(85)98)101(106)78-47-49-99-93(61-78)94-63-92-89-43-19-21-45-96(89)103(4,5)97(92)64-100(94)105(99)87-41-25-39-76(59-87)72-35-23-37-74(51-72)84-56-81(69-30-14-8-15-31-69)53-82(57-84)70-32-16-9-17-33-70/h6-65H,1H2,2-5H3. The predicted molar refractivity (Wildman–Crippen MR) is 445 cm³/mol.